The van der Waals surface area contributed by atoms with E-state index in [4.69, 9.17) is 23.2 Å². The number of hydrogen-bond acceptors (Lipinski definition) is 2. The van der Waals surface area contributed by atoms with Crippen LogP contribution in [0.25, 0.3) is 0 Å². The maximum Gasteiger partial charge on any atom is 0.251 e. The monoisotopic (exact) mass is 350 g/mol. The second-order valence-corrected chi connectivity index (χ2v) is 5.97. The van der Waals surface area contributed by atoms with E-state index in [-0.39, 0.29) is 17.9 Å². The molecule has 0 fully saturated rings. The van der Waals surface area contributed by atoms with E-state index >= 15 is 0 Å². The predicted molar refractivity (Wildman–Crippen MR) is 93.1 cm³/mol. The first-order valence-corrected chi connectivity index (χ1v) is 7.76. The zero-order valence-electron chi connectivity index (χ0n) is 12.7. The van der Waals surface area contributed by atoms with Crippen LogP contribution in [0.1, 0.15) is 35.8 Å². The topological polar surface area (TPSA) is 58.2 Å². The lowest BCUT2D eigenvalue weighted by Crippen LogP contribution is -2.27. The maximum absolute atomic E-state index is 12.4. The summed E-state index contributed by atoms with van der Waals surface area (Å²) < 4.78 is 0. The second kappa shape index (κ2) is 7.49. The molecule has 1 atom stereocenters. The number of nitrogens with one attached hydrogen (secondary N) is 2. The number of anilines is 1. The summed E-state index contributed by atoms with van der Waals surface area (Å²) >= 11 is 12.0. The van der Waals surface area contributed by atoms with Gasteiger partial charge in [0.1, 0.15) is 0 Å². The van der Waals surface area contributed by atoms with Crippen LogP contribution in [0.4, 0.5) is 5.69 Å². The van der Waals surface area contributed by atoms with Gasteiger partial charge < -0.3 is 10.6 Å². The molecule has 6 heteroatoms. The summed E-state index contributed by atoms with van der Waals surface area (Å²) in [4.78, 5) is 23.4. The molecule has 0 saturated carbocycles. The van der Waals surface area contributed by atoms with Crippen LogP contribution in [0, 0.1) is 0 Å². The molecule has 2 amide bonds. The molecule has 0 spiro atoms. The lowest BCUT2D eigenvalue weighted by Gasteiger charge is -2.16. The van der Waals surface area contributed by atoms with Crippen LogP contribution in [-0.2, 0) is 4.79 Å². The van der Waals surface area contributed by atoms with Gasteiger partial charge in [-0.05, 0) is 42.8 Å². The number of halogens is 2. The average Bonchev–Trinajstić information content (AvgIpc) is 2.46. The van der Waals surface area contributed by atoms with Gasteiger partial charge in [0.2, 0.25) is 5.91 Å². The Bertz CT molecular complexity index is 747. The molecule has 2 aromatic rings. The van der Waals surface area contributed by atoms with Crippen molar-refractivity contribution in [2.24, 2.45) is 0 Å². The Kier molecular flexibility index (Phi) is 5.64. The molecule has 2 aromatic carbocycles. The fourth-order valence-corrected chi connectivity index (χ4v) is 2.72. The lowest BCUT2D eigenvalue weighted by atomic mass is 10.1. The Morgan fingerprint density at radius 1 is 1.09 bits per heavy atom. The number of carbonyl (C=O) groups excluding carboxylic acids is 2. The minimum atomic E-state index is -0.281. The van der Waals surface area contributed by atoms with E-state index in [1.807, 2.05) is 6.92 Å². The van der Waals surface area contributed by atoms with Crippen LogP contribution in [0.15, 0.2) is 42.5 Å². The van der Waals surface area contributed by atoms with Crippen LogP contribution in [-0.4, -0.2) is 11.8 Å². The van der Waals surface area contributed by atoms with E-state index in [0.29, 0.717) is 21.3 Å². The molecule has 0 bridgehead atoms. The van der Waals surface area contributed by atoms with Crippen LogP contribution < -0.4 is 10.6 Å². The molecule has 2 rings (SSSR count). The van der Waals surface area contributed by atoms with Gasteiger partial charge >= 0.3 is 0 Å². The van der Waals surface area contributed by atoms with Crippen molar-refractivity contribution in [3.05, 3.63) is 63.6 Å². The first-order chi connectivity index (χ1) is 10.9. The zero-order chi connectivity index (χ0) is 17.0. The summed E-state index contributed by atoms with van der Waals surface area (Å²) in [5.74, 6) is -0.445. The minimum Gasteiger partial charge on any atom is -0.345 e. The molecule has 2 N–H and O–H groups in total. The van der Waals surface area contributed by atoms with Gasteiger partial charge in [-0.3, -0.25) is 9.59 Å². The van der Waals surface area contributed by atoms with Gasteiger partial charge in [-0.1, -0.05) is 35.3 Å². The van der Waals surface area contributed by atoms with Crippen molar-refractivity contribution in [1.29, 1.82) is 0 Å². The number of carbonyl (C=O) groups is 2. The summed E-state index contributed by atoms with van der Waals surface area (Å²) in [5.41, 5.74) is 1.80. The standard InChI is InChI=1S/C17H16Cl2N2O2/c1-10(15-7-6-13(18)9-16(15)19)20-17(23)12-4-3-5-14(8-12)21-11(2)22/h3-10H,1-2H3,(H,20,23)(H,21,22)/t10-/m0/s1. The zero-order valence-corrected chi connectivity index (χ0v) is 14.2. The Hall–Kier alpha value is -2.04. The van der Waals surface area contributed by atoms with E-state index < -0.39 is 0 Å². The third kappa shape index (κ3) is 4.71. The molecule has 0 aliphatic carbocycles. The average molecular weight is 351 g/mol. The summed E-state index contributed by atoms with van der Waals surface area (Å²) in [5, 5.41) is 6.56. The first kappa shape index (κ1) is 17.3. The van der Waals surface area contributed by atoms with Gasteiger partial charge in [-0.2, -0.15) is 0 Å². The molecule has 0 unspecified atom stereocenters. The SMILES string of the molecule is CC(=O)Nc1cccc(C(=O)N[C@@H](C)c2ccc(Cl)cc2Cl)c1. The molecular formula is C17H16Cl2N2O2. The molecular weight excluding hydrogens is 335 g/mol. The molecule has 0 aliphatic heterocycles. The van der Waals surface area contributed by atoms with Crippen molar-refractivity contribution in [1.82, 2.24) is 5.32 Å². The fourth-order valence-electron chi connectivity index (χ4n) is 2.15. The third-order valence-corrected chi connectivity index (χ3v) is 3.78. The van der Waals surface area contributed by atoms with Gasteiger partial charge in [0.15, 0.2) is 0 Å². The van der Waals surface area contributed by atoms with Crippen molar-refractivity contribution in [3.8, 4) is 0 Å². The number of benzene rings is 2. The van der Waals surface area contributed by atoms with Crippen LogP contribution >= 0.6 is 23.2 Å². The predicted octanol–water partition coefficient (Wildman–Crippen LogP) is 4.44. The minimum absolute atomic E-state index is 0.191. The van der Waals surface area contributed by atoms with Gasteiger partial charge in [0.25, 0.3) is 5.91 Å². The van der Waals surface area contributed by atoms with Crippen molar-refractivity contribution in [2.45, 2.75) is 19.9 Å². The maximum atomic E-state index is 12.4. The summed E-state index contributed by atoms with van der Waals surface area (Å²) in [6.45, 7) is 3.25. The number of amides is 2. The molecule has 0 heterocycles. The summed E-state index contributed by atoms with van der Waals surface area (Å²) in [6, 6.07) is 11.6. The Morgan fingerprint density at radius 3 is 2.48 bits per heavy atom. The van der Waals surface area contributed by atoms with E-state index in [1.54, 1.807) is 42.5 Å². The van der Waals surface area contributed by atoms with Crippen molar-refractivity contribution < 1.29 is 9.59 Å². The van der Waals surface area contributed by atoms with E-state index in [1.165, 1.54) is 6.92 Å². The van der Waals surface area contributed by atoms with Gasteiger partial charge in [-0.25, -0.2) is 0 Å². The highest BCUT2D eigenvalue weighted by molar-refractivity contribution is 6.35. The van der Waals surface area contributed by atoms with Gasteiger partial charge in [-0.15, -0.1) is 0 Å². The van der Waals surface area contributed by atoms with Gasteiger partial charge in [0, 0.05) is 28.2 Å². The van der Waals surface area contributed by atoms with E-state index in [2.05, 4.69) is 10.6 Å². The van der Waals surface area contributed by atoms with Crippen LogP contribution in [0.5, 0.6) is 0 Å². The van der Waals surface area contributed by atoms with Crippen molar-refractivity contribution in [2.75, 3.05) is 5.32 Å². The number of rotatable bonds is 4. The number of hydrogen-bond donors (Lipinski definition) is 2. The summed E-state index contributed by atoms with van der Waals surface area (Å²) in [7, 11) is 0. The Balaban J connectivity index is 2.13. The molecule has 0 aromatic heterocycles. The quantitative estimate of drug-likeness (QED) is 0.855. The van der Waals surface area contributed by atoms with Crippen molar-refractivity contribution in [3.63, 3.8) is 0 Å². The van der Waals surface area contributed by atoms with Crippen LogP contribution in [0.3, 0.4) is 0 Å². The molecule has 0 radical (unpaired) electrons. The second-order valence-electron chi connectivity index (χ2n) is 5.12. The highest BCUT2D eigenvalue weighted by Gasteiger charge is 2.14. The normalized spacial score (nSPS) is 11.7. The van der Waals surface area contributed by atoms with Crippen LogP contribution in [0.2, 0.25) is 10.0 Å². The van der Waals surface area contributed by atoms with E-state index in [0.717, 1.165) is 5.56 Å². The lowest BCUT2D eigenvalue weighted by molar-refractivity contribution is -0.114. The Labute approximate surface area is 144 Å². The summed E-state index contributed by atoms with van der Waals surface area (Å²) in [6.07, 6.45) is 0. The van der Waals surface area contributed by atoms with E-state index in [9.17, 15) is 9.59 Å². The van der Waals surface area contributed by atoms with Gasteiger partial charge in [0.05, 0.1) is 6.04 Å². The molecule has 120 valence electrons. The molecule has 23 heavy (non-hydrogen) atoms. The molecule has 4 nitrogen and oxygen atoms in total. The molecule has 0 aliphatic rings. The largest absolute Gasteiger partial charge is 0.345 e. The highest BCUT2D eigenvalue weighted by Crippen LogP contribution is 2.26. The fraction of sp³-hybridized carbons (Fsp3) is 0.176. The Morgan fingerprint density at radius 2 is 1.83 bits per heavy atom. The third-order valence-electron chi connectivity index (χ3n) is 3.22. The van der Waals surface area contributed by atoms with Crippen molar-refractivity contribution >= 4 is 40.7 Å². The highest BCUT2D eigenvalue weighted by atomic mass is 35.5. The molecule has 0 saturated heterocycles. The first-order valence-electron chi connectivity index (χ1n) is 7.00. The smallest absolute Gasteiger partial charge is 0.251 e.